The molecule has 0 amide bonds. The molecule has 0 aliphatic heterocycles. The summed E-state index contributed by atoms with van der Waals surface area (Å²) in [7, 11) is 0. The smallest absolute Gasteiger partial charge is 0.155 e. The summed E-state index contributed by atoms with van der Waals surface area (Å²) in [6.07, 6.45) is 8.06. The standard InChI is InChI=1S/C27H19N2S.C5H8O2.Ir/c1-16-10-17(15-28)6-7-21(16)27-22-14-24-23-11-18-4-2-3-5-19(18)12-25(23)30-26(24)13-20(22)8-9-29-27;1-4(6)3-5(2)7;/h6,8-14H,2-5H2,1H3;3,6H,1-2H3;/q-1;;/b;4-3-;. The van der Waals surface area contributed by atoms with E-state index in [1.165, 1.54) is 82.3 Å². The van der Waals surface area contributed by atoms with Crippen molar-refractivity contribution in [3.05, 3.63) is 88.8 Å². The Balaban J connectivity index is 0.000000375. The molecule has 38 heavy (non-hydrogen) atoms. The zero-order valence-electron chi connectivity index (χ0n) is 21.5. The molecule has 6 heteroatoms. The van der Waals surface area contributed by atoms with E-state index in [0.717, 1.165) is 22.2 Å². The van der Waals surface area contributed by atoms with E-state index in [1.54, 1.807) is 6.07 Å². The fraction of sp³-hybridized carbons (Fsp3) is 0.219. The molecule has 1 aliphatic rings. The van der Waals surface area contributed by atoms with Crippen LogP contribution in [0.25, 0.3) is 42.2 Å². The van der Waals surface area contributed by atoms with Crippen molar-refractivity contribution in [2.24, 2.45) is 0 Å². The predicted molar refractivity (Wildman–Crippen MR) is 152 cm³/mol. The number of rotatable bonds is 2. The van der Waals surface area contributed by atoms with Crippen LogP contribution in [0.3, 0.4) is 0 Å². The Labute approximate surface area is 240 Å². The third-order valence-corrected chi connectivity index (χ3v) is 7.85. The van der Waals surface area contributed by atoms with E-state index >= 15 is 0 Å². The van der Waals surface area contributed by atoms with Gasteiger partial charge in [-0.1, -0.05) is 13.0 Å². The number of aliphatic hydroxyl groups excluding tert-OH is 1. The Hall–Kier alpha value is -3.36. The second-order valence-corrected chi connectivity index (χ2v) is 10.7. The molecule has 0 spiro atoms. The van der Waals surface area contributed by atoms with Crippen LogP contribution in [-0.2, 0) is 37.7 Å². The van der Waals surface area contributed by atoms with E-state index in [2.05, 4.69) is 42.5 Å². The van der Waals surface area contributed by atoms with Crippen molar-refractivity contribution < 1.29 is 30.0 Å². The van der Waals surface area contributed by atoms with Gasteiger partial charge in [-0.3, -0.25) is 4.79 Å². The van der Waals surface area contributed by atoms with Gasteiger partial charge in [0, 0.05) is 58.6 Å². The number of aryl methyl sites for hydroxylation is 3. The molecule has 4 nitrogen and oxygen atoms in total. The second kappa shape index (κ2) is 11.6. The molecule has 1 N–H and O–H groups in total. The molecule has 6 rings (SSSR count). The Morgan fingerprint density at radius 1 is 1.05 bits per heavy atom. The number of aromatic nitrogens is 1. The van der Waals surface area contributed by atoms with Gasteiger partial charge in [-0.05, 0) is 97.0 Å². The van der Waals surface area contributed by atoms with Gasteiger partial charge in [-0.15, -0.1) is 40.7 Å². The molecule has 0 saturated carbocycles. The summed E-state index contributed by atoms with van der Waals surface area (Å²) in [5.74, 6) is -0.0625. The van der Waals surface area contributed by atoms with Crippen molar-refractivity contribution in [2.45, 2.75) is 46.5 Å². The summed E-state index contributed by atoms with van der Waals surface area (Å²) >= 11 is 1.89. The molecule has 0 saturated heterocycles. The van der Waals surface area contributed by atoms with Gasteiger partial charge >= 0.3 is 0 Å². The summed E-state index contributed by atoms with van der Waals surface area (Å²) in [6.45, 7) is 4.87. The Bertz CT molecular complexity index is 1760. The van der Waals surface area contributed by atoms with E-state index in [0.29, 0.717) is 5.56 Å². The number of pyridine rings is 1. The molecule has 1 radical (unpaired) electrons. The molecule has 1 aliphatic carbocycles. The maximum atomic E-state index is 10.0. The molecule has 0 unspecified atom stereocenters. The van der Waals surface area contributed by atoms with Crippen LogP contribution in [0.1, 0.15) is 48.9 Å². The van der Waals surface area contributed by atoms with Crippen LogP contribution < -0.4 is 0 Å². The van der Waals surface area contributed by atoms with Crippen LogP contribution in [0.15, 0.2) is 60.5 Å². The van der Waals surface area contributed by atoms with Gasteiger partial charge in [0.05, 0.1) is 5.76 Å². The van der Waals surface area contributed by atoms with Gasteiger partial charge in [-0.25, -0.2) is 5.26 Å². The molecule has 5 aromatic rings. The number of nitriles is 1. The summed E-state index contributed by atoms with van der Waals surface area (Å²) in [5, 5.41) is 22.6. The van der Waals surface area contributed by atoms with E-state index in [-0.39, 0.29) is 31.6 Å². The van der Waals surface area contributed by atoms with Crippen LogP contribution in [0.2, 0.25) is 0 Å². The van der Waals surface area contributed by atoms with Crippen LogP contribution in [0.4, 0.5) is 0 Å². The van der Waals surface area contributed by atoms with Crippen molar-refractivity contribution >= 4 is 48.1 Å². The van der Waals surface area contributed by atoms with Crippen LogP contribution >= 0.6 is 11.3 Å². The monoisotopic (exact) mass is 696 g/mol. The fourth-order valence-electron chi connectivity index (χ4n) is 5.10. The van der Waals surface area contributed by atoms with E-state index in [9.17, 15) is 10.1 Å². The zero-order chi connectivity index (χ0) is 26.1. The quantitative estimate of drug-likeness (QED) is 0.115. The predicted octanol–water partition coefficient (Wildman–Crippen LogP) is 8.16. The summed E-state index contributed by atoms with van der Waals surface area (Å²) in [6, 6.07) is 20.7. The van der Waals surface area contributed by atoms with Gasteiger partial charge in [0.1, 0.15) is 0 Å². The molecular weight excluding hydrogens is 669 g/mol. The topological polar surface area (TPSA) is 74.0 Å². The van der Waals surface area contributed by atoms with E-state index in [4.69, 9.17) is 10.1 Å². The van der Waals surface area contributed by atoms with Crippen molar-refractivity contribution in [2.75, 3.05) is 0 Å². The molecule has 2 aromatic heterocycles. The molecule has 0 fully saturated rings. The Morgan fingerprint density at radius 3 is 2.37 bits per heavy atom. The number of ketones is 1. The number of nitrogens with zero attached hydrogens (tertiary/aromatic N) is 2. The molecule has 193 valence electrons. The van der Waals surface area contributed by atoms with Crippen LogP contribution in [0.5, 0.6) is 0 Å². The number of hydrogen-bond donors (Lipinski definition) is 1. The minimum atomic E-state index is -0.125. The van der Waals surface area contributed by atoms with Crippen LogP contribution in [-0.4, -0.2) is 15.9 Å². The van der Waals surface area contributed by atoms with E-state index < -0.39 is 0 Å². The number of aliphatic hydroxyl groups is 1. The first-order valence-electron chi connectivity index (χ1n) is 12.4. The summed E-state index contributed by atoms with van der Waals surface area (Å²) < 4.78 is 2.72. The Kier molecular flexibility index (Phi) is 8.43. The van der Waals surface area contributed by atoms with Gasteiger partial charge in [0.25, 0.3) is 0 Å². The third-order valence-electron chi connectivity index (χ3n) is 6.74. The number of allylic oxidation sites excluding steroid dienone is 2. The minimum absolute atomic E-state index is 0. The normalized spacial score (nSPS) is 12.8. The van der Waals surface area contributed by atoms with Gasteiger partial charge < -0.3 is 10.1 Å². The van der Waals surface area contributed by atoms with Crippen molar-refractivity contribution in [3.8, 4) is 17.3 Å². The van der Waals surface area contributed by atoms with Crippen molar-refractivity contribution in [1.82, 2.24) is 4.98 Å². The Morgan fingerprint density at radius 2 is 1.74 bits per heavy atom. The van der Waals surface area contributed by atoms with Gasteiger partial charge in [0.15, 0.2) is 5.78 Å². The molecular formula is C32H27IrN2O2S-. The van der Waals surface area contributed by atoms with Crippen LogP contribution in [0, 0.1) is 24.3 Å². The fourth-order valence-corrected chi connectivity index (χ4v) is 6.28. The number of fused-ring (bicyclic) bond motifs is 5. The molecule has 2 heterocycles. The third kappa shape index (κ3) is 5.56. The SMILES string of the molecule is CC(=O)/C=C(/C)O.Cc1cc(C#N)c[c-]c1-c1nccc2cc3sc4cc5c(cc4c3cc12)CCCC5.[Ir]. The first-order chi connectivity index (χ1) is 17.8. The minimum Gasteiger partial charge on any atom is -0.512 e. The summed E-state index contributed by atoms with van der Waals surface area (Å²) in [4.78, 5) is 14.7. The first kappa shape index (κ1) is 27.7. The number of benzene rings is 3. The molecule has 0 atom stereocenters. The number of hydrogen-bond acceptors (Lipinski definition) is 5. The maximum Gasteiger partial charge on any atom is 0.155 e. The molecule has 0 bridgehead atoms. The van der Waals surface area contributed by atoms with Crippen molar-refractivity contribution in [3.63, 3.8) is 0 Å². The van der Waals surface area contributed by atoms with E-state index in [1.807, 2.05) is 30.5 Å². The zero-order valence-corrected chi connectivity index (χ0v) is 24.7. The number of carbonyl (C=O) groups is 1. The number of thiophene rings is 1. The largest absolute Gasteiger partial charge is 0.512 e. The molecule has 3 aromatic carbocycles. The average Bonchev–Trinajstić information content (AvgIpc) is 3.21. The number of carbonyl (C=O) groups excluding carboxylic acids is 1. The first-order valence-corrected chi connectivity index (χ1v) is 13.2. The average molecular weight is 696 g/mol. The second-order valence-electron chi connectivity index (χ2n) is 9.61. The van der Waals surface area contributed by atoms with Gasteiger partial charge in [-0.2, -0.15) is 0 Å². The van der Waals surface area contributed by atoms with Gasteiger partial charge in [0.2, 0.25) is 0 Å². The summed E-state index contributed by atoms with van der Waals surface area (Å²) in [5.41, 5.74) is 6.63. The van der Waals surface area contributed by atoms with Crippen molar-refractivity contribution in [1.29, 1.82) is 5.26 Å². The maximum absolute atomic E-state index is 10.0.